The van der Waals surface area contributed by atoms with Gasteiger partial charge in [0.15, 0.2) is 0 Å². The van der Waals surface area contributed by atoms with Gasteiger partial charge in [-0.2, -0.15) is 0 Å². The first-order chi connectivity index (χ1) is 8.94. The maximum absolute atomic E-state index is 13.7. The van der Waals surface area contributed by atoms with Crippen molar-refractivity contribution in [3.8, 4) is 0 Å². The number of amides is 2. The zero-order valence-corrected chi connectivity index (χ0v) is 10.4. The molecular weight excluding hydrogens is 251 g/mol. The normalized spacial score (nSPS) is 17.4. The summed E-state index contributed by atoms with van der Waals surface area (Å²) in [5.41, 5.74) is -0.263. The lowest BCUT2D eigenvalue weighted by Gasteiger charge is -2.20. The Kier molecular flexibility index (Phi) is 3.42. The number of aliphatic carboxylic acids is 1. The number of nitrogens with one attached hydrogen (secondary N) is 2. The topological polar surface area (TPSA) is 78.4 Å². The number of rotatable bonds is 4. The van der Waals surface area contributed by atoms with Crippen LogP contribution in [0.2, 0.25) is 0 Å². The summed E-state index contributed by atoms with van der Waals surface area (Å²) in [5, 5.41) is 13.7. The highest BCUT2D eigenvalue weighted by molar-refractivity contribution is 5.82. The summed E-state index contributed by atoms with van der Waals surface area (Å²) in [7, 11) is 0. The van der Waals surface area contributed by atoms with E-state index in [0.717, 1.165) is 0 Å². The van der Waals surface area contributed by atoms with Crippen molar-refractivity contribution in [2.45, 2.75) is 31.3 Å². The molecule has 1 fully saturated rings. The lowest BCUT2D eigenvalue weighted by molar-refractivity contribution is -0.138. The summed E-state index contributed by atoms with van der Waals surface area (Å²) in [5.74, 6) is -1.49. The molecule has 1 aromatic carbocycles. The van der Waals surface area contributed by atoms with Crippen LogP contribution in [0.4, 0.5) is 9.18 Å². The number of benzene rings is 1. The second kappa shape index (κ2) is 4.87. The monoisotopic (exact) mass is 266 g/mol. The van der Waals surface area contributed by atoms with Gasteiger partial charge >= 0.3 is 12.0 Å². The van der Waals surface area contributed by atoms with Crippen LogP contribution in [0.25, 0.3) is 0 Å². The van der Waals surface area contributed by atoms with Crippen molar-refractivity contribution in [1.82, 2.24) is 10.6 Å². The number of hydrogen-bond donors (Lipinski definition) is 3. The molecule has 0 saturated heterocycles. The van der Waals surface area contributed by atoms with Crippen LogP contribution in [-0.4, -0.2) is 23.1 Å². The van der Waals surface area contributed by atoms with Gasteiger partial charge in [0.05, 0.1) is 5.54 Å². The number of carboxylic acid groups (broad SMARTS) is 1. The minimum atomic E-state index is -1.12. The highest BCUT2D eigenvalue weighted by atomic mass is 19.1. The molecule has 102 valence electrons. The van der Waals surface area contributed by atoms with E-state index in [0.29, 0.717) is 18.4 Å². The molecule has 2 rings (SSSR count). The first-order valence-electron chi connectivity index (χ1n) is 6.01. The minimum Gasteiger partial charge on any atom is -0.480 e. The smallest absolute Gasteiger partial charge is 0.325 e. The molecule has 5 nitrogen and oxygen atoms in total. The molecule has 6 heteroatoms. The van der Waals surface area contributed by atoms with E-state index in [-0.39, 0.29) is 5.82 Å². The molecule has 0 bridgehead atoms. The average Bonchev–Trinajstić information content (AvgIpc) is 3.09. The molecule has 1 atom stereocenters. The Morgan fingerprint density at radius 3 is 2.53 bits per heavy atom. The number of halogens is 1. The zero-order chi connectivity index (χ0) is 14.0. The molecule has 1 aromatic rings. The molecule has 1 aliphatic carbocycles. The van der Waals surface area contributed by atoms with Gasteiger partial charge in [-0.25, -0.2) is 9.18 Å². The Labute approximate surface area is 109 Å². The Bertz CT molecular complexity index is 514. The fourth-order valence-electron chi connectivity index (χ4n) is 1.95. The zero-order valence-electron chi connectivity index (χ0n) is 10.4. The number of carboxylic acids is 1. The Morgan fingerprint density at radius 2 is 2.00 bits per heavy atom. The molecule has 3 N–H and O–H groups in total. The van der Waals surface area contributed by atoms with Gasteiger partial charge in [0.1, 0.15) is 11.9 Å². The average molecular weight is 266 g/mol. The van der Waals surface area contributed by atoms with E-state index in [1.165, 1.54) is 13.0 Å². The van der Waals surface area contributed by atoms with Crippen LogP contribution in [0, 0.1) is 5.82 Å². The first kappa shape index (κ1) is 13.3. The van der Waals surface area contributed by atoms with Gasteiger partial charge in [0.25, 0.3) is 0 Å². The second-order valence-electron chi connectivity index (χ2n) is 4.72. The van der Waals surface area contributed by atoms with Crippen molar-refractivity contribution in [3.63, 3.8) is 0 Å². The number of hydrogen-bond acceptors (Lipinski definition) is 2. The maximum Gasteiger partial charge on any atom is 0.325 e. The van der Waals surface area contributed by atoms with Crippen LogP contribution in [-0.2, 0) is 10.3 Å². The lowest BCUT2D eigenvalue weighted by Crippen LogP contribution is -2.48. The lowest BCUT2D eigenvalue weighted by atomic mass is 10.0. The largest absolute Gasteiger partial charge is 0.480 e. The van der Waals surface area contributed by atoms with Crippen LogP contribution in [0.1, 0.15) is 25.3 Å². The molecular formula is C13H15FN2O3. The van der Waals surface area contributed by atoms with E-state index in [1.807, 2.05) is 0 Å². The SMILES string of the molecule is CC(NC(=O)NC1(c2ccccc2F)CC1)C(=O)O. The van der Waals surface area contributed by atoms with Crippen molar-refractivity contribution in [3.05, 3.63) is 35.6 Å². The highest BCUT2D eigenvalue weighted by Gasteiger charge is 2.47. The predicted octanol–water partition coefficient (Wildman–Crippen LogP) is 1.59. The molecule has 19 heavy (non-hydrogen) atoms. The second-order valence-corrected chi connectivity index (χ2v) is 4.72. The van der Waals surface area contributed by atoms with Crippen LogP contribution in [0.15, 0.2) is 24.3 Å². The van der Waals surface area contributed by atoms with Gasteiger partial charge in [-0.05, 0) is 25.8 Å². The van der Waals surface area contributed by atoms with Gasteiger partial charge in [-0.15, -0.1) is 0 Å². The third kappa shape index (κ3) is 2.83. The fourth-order valence-corrected chi connectivity index (χ4v) is 1.95. The summed E-state index contributed by atoms with van der Waals surface area (Å²) in [6.07, 6.45) is 1.28. The predicted molar refractivity (Wildman–Crippen MR) is 66.1 cm³/mol. The van der Waals surface area contributed by atoms with E-state index in [2.05, 4.69) is 10.6 Å². The van der Waals surface area contributed by atoms with Gasteiger partial charge in [0, 0.05) is 5.56 Å². The van der Waals surface area contributed by atoms with Gasteiger partial charge in [-0.1, -0.05) is 18.2 Å². The fraction of sp³-hybridized carbons (Fsp3) is 0.385. The molecule has 0 heterocycles. The molecule has 0 aliphatic heterocycles. The molecule has 0 spiro atoms. The summed E-state index contributed by atoms with van der Waals surface area (Å²) in [6, 6.07) is 4.67. The highest BCUT2D eigenvalue weighted by Crippen LogP contribution is 2.46. The summed E-state index contributed by atoms with van der Waals surface area (Å²) in [6.45, 7) is 1.37. The molecule has 0 aromatic heterocycles. The van der Waals surface area contributed by atoms with Crippen molar-refractivity contribution in [2.24, 2.45) is 0 Å². The van der Waals surface area contributed by atoms with Crippen molar-refractivity contribution < 1.29 is 19.1 Å². The van der Waals surface area contributed by atoms with Gasteiger partial charge in [0.2, 0.25) is 0 Å². The summed E-state index contributed by atoms with van der Waals surface area (Å²) < 4.78 is 13.7. The third-order valence-electron chi connectivity index (χ3n) is 3.21. The van der Waals surface area contributed by atoms with Crippen LogP contribution in [0.3, 0.4) is 0 Å². The van der Waals surface area contributed by atoms with E-state index in [9.17, 15) is 14.0 Å². The van der Waals surface area contributed by atoms with E-state index < -0.39 is 23.6 Å². The number of urea groups is 1. The Hall–Kier alpha value is -2.11. The molecule has 2 amide bonds. The van der Waals surface area contributed by atoms with Crippen LogP contribution >= 0.6 is 0 Å². The van der Waals surface area contributed by atoms with E-state index >= 15 is 0 Å². The van der Waals surface area contributed by atoms with Crippen molar-refractivity contribution >= 4 is 12.0 Å². The quantitative estimate of drug-likeness (QED) is 0.774. The van der Waals surface area contributed by atoms with Gasteiger partial charge < -0.3 is 15.7 Å². The summed E-state index contributed by atoms with van der Waals surface area (Å²) >= 11 is 0. The van der Waals surface area contributed by atoms with Crippen LogP contribution in [0.5, 0.6) is 0 Å². The minimum absolute atomic E-state index is 0.369. The number of carbonyl (C=O) groups is 2. The van der Waals surface area contributed by atoms with Crippen molar-refractivity contribution in [1.29, 1.82) is 0 Å². The van der Waals surface area contributed by atoms with Gasteiger partial charge in [-0.3, -0.25) is 4.79 Å². The maximum atomic E-state index is 13.7. The molecule has 1 saturated carbocycles. The van der Waals surface area contributed by atoms with E-state index in [1.54, 1.807) is 18.2 Å². The number of carbonyl (C=O) groups excluding carboxylic acids is 1. The van der Waals surface area contributed by atoms with E-state index in [4.69, 9.17) is 5.11 Å². The molecule has 0 radical (unpaired) electrons. The van der Waals surface area contributed by atoms with Crippen LogP contribution < -0.4 is 10.6 Å². The summed E-state index contributed by atoms with van der Waals surface area (Å²) in [4.78, 5) is 22.3. The standard InChI is InChI=1S/C13H15FN2O3/c1-8(11(17)18)15-12(19)16-13(6-7-13)9-4-2-3-5-10(9)14/h2-5,8H,6-7H2,1H3,(H,17,18)(H2,15,16,19). The third-order valence-corrected chi connectivity index (χ3v) is 3.21. The Morgan fingerprint density at radius 1 is 1.37 bits per heavy atom. The Balaban J connectivity index is 2.05. The van der Waals surface area contributed by atoms with Crippen molar-refractivity contribution in [2.75, 3.05) is 0 Å². The first-order valence-corrected chi connectivity index (χ1v) is 6.01. The molecule has 1 aliphatic rings. The molecule has 1 unspecified atom stereocenters.